The quantitative estimate of drug-likeness (QED) is 0.787. The first-order valence-electron chi connectivity index (χ1n) is 8.98. The van der Waals surface area contributed by atoms with E-state index in [-0.39, 0.29) is 17.5 Å². The van der Waals surface area contributed by atoms with Crippen molar-refractivity contribution in [1.29, 1.82) is 0 Å². The maximum absolute atomic E-state index is 13.9. The fourth-order valence-electron chi connectivity index (χ4n) is 3.42. The number of carbonyl (C=O) groups excluding carboxylic acids is 1. The summed E-state index contributed by atoms with van der Waals surface area (Å²) < 4.78 is 41.7. The summed E-state index contributed by atoms with van der Waals surface area (Å²) in [4.78, 5) is 12.0. The summed E-state index contributed by atoms with van der Waals surface area (Å²) in [5.74, 6) is -0.396. The van der Waals surface area contributed by atoms with E-state index in [9.17, 15) is 18.0 Å². The molecule has 6 heteroatoms. The van der Waals surface area contributed by atoms with Crippen molar-refractivity contribution in [3.05, 3.63) is 47.5 Å². The zero-order valence-corrected chi connectivity index (χ0v) is 16.2. The van der Waals surface area contributed by atoms with E-state index in [4.69, 9.17) is 0 Å². The largest absolute Gasteiger partial charge is 0.409 e. The van der Waals surface area contributed by atoms with Crippen molar-refractivity contribution in [1.82, 2.24) is 10.4 Å². The second-order valence-corrected chi connectivity index (χ2v) is 8.97. The number of alkyl halides is 3. The lowest BCUT2D eigenvalue weighted by Gasteiger charge is -2.30. The molecular weight excluding hydrogens is 353 g/mol. The molecule has 0 aromatic heterocycles. The summed E-state index contributed by atoms with van der Waals surface area (Å²) in [6, 6.07) is 8.79. The predicted octanol–water partition coefficient (Wildman–Crippen LogP) is 5.11. The summed E-state index contributed by atoms with van der Waals surface area (Å²) in [6.45, 7) is 9.49. The number of benzene rings is 2. The van der Waals surface area contributed by atoms with Crippen LogP contribution < -0.4 is 5.43 Å². The van der Waals surface area contributed by atoms with Gasteiger partial charge in [-0.2, -0.15) is 13.2 Å². The minimum atomic E-state index is -4.51. The molecule has 146 valence electrons. The van der Waals surface area contributed by atoms with E-state index in [2.05, 4.69) is 26.2 Å². The molecule has 0 aliphatic carbocycles. The van der Waals surface area contributed by atoms with Gasteiger partial charge >= 0.3 is 6.18 Å². The Morgan fingerprint density at radius 2 is 1.67 bits per heavy atom. The number of carbonyl (C=O) groups is 1. The molecule has 1 heterocycles. The molecule has 1 atom stereocenters. The first-order chi connectivity index (χ1) is 12.3. The zero-order valence-electron chi connectivity index (χ0n) is 16.2. The molecule has 1 saturated heterocycles. The Morgan fingerprint density at radius 3 is 2.19 bits per heavy atom. The molecule has 3 rings (SSSR count). The molecule has 1 aliphatic rings. The first kappa shape index (κ1) is 19.7. The average molecular weight is 378 g/mol. The number of nitrogens with one attached hydrogen (secondary N) is 1. The molecular formula is C21H25F3N2O. The van der Waals surface area contributed by atoms with Gasteiger partial charge in [0.05, 0.1) is 5.41 Å². The van der Waals surface area contributed by atoms with Crippen LogP contribution in [-0.4, -0.2) is 23.6 Å². The topological polar surface area (TPSA) is 32.3 Å². The summed E-state index contributed by atoms with van der Waals surface area (Å²) in [7, 11) is 0. The number of fused-ring (bicyclic) bond motifs is 1. The standard InChI is InChI=1S/C21H25F3N2O/c1-19(2,3)16-9-8-13-6-7-14(10-15(13)11-16)17(21(22,23)24)26-12-20(4,5)18(27)25-26/h6-11,17H,12H2,1-5H3,(H,25,27)/t17-/m0/s1. The van der Waals surface area contributed by atoms with Crippen LogP contribution in [0.15, 0.2) is 36.4 Å². The molecule has 3 nitrogen and oxygen atoms in total. The summed E-state index contributed by atoms with van der Waals surface area (Å²) in [5.41, 5.74) is 2.63. The predicted molar refractivity (Wildman–Crippen MR) is 100 cm³/mol. The van der Waals surface area contributed by atoms with Crippen molar-refractivity contribution in [3.8, 4) is 0 Å². The highest BCUT2D eigenvalue weighted by Gasteiger charge is 2.51. The Balaban J connectivity index is 2.07. The van der Waals surface area contributed by atoms with E-state index in [1.54, 1.807) is 26.0 Å². The molecule has 0 saturated carbocycles. The van der Waals surface area contributed by atoms with Crippen LogP contribution in [0, 0.1) is 5.41 Å². The van der Waals surface area contributed by atoms with Gasteiger partial charge in [0, 0.05) is 6.54 Å². The molecule has 0 spiro atoms. The van der Waals surface area contributed by atoms with Gasteiger partial charge in [-0.3, -0.25) is 10.2 Å². The lowest BCUT2D eigenvalue weighted by atomic mass is 9.85. The first-order valence-corrected chi connectivity index (χ1v) is 8.98. The van der Waals surface area contributed by atoms with E-state index in [1.165, 1.54) is 6.07 Å². The van der Waals surface area contributed by atoms with Gasteiger partial charge in [0.25, 0.3) is 0 Å². The monoisotopic (exact) mass is 378 g/mol. The minimum absolute atomic E-state index is 0.00389. The van der Waals surface area contributed by atoms with E-state index < -0.39 is 23.5 Å². The fourth-order valence-corrected chi connectivity index (χ4v) is 3.42. The molecule has 1 aliphatic heterocycles. The Kier molecular flexibility index (Phi) is 4.54. The second-order valence-electron chi connectivity index (χ2n) is 8.97. The van der Waals surface area contributed by atoms with Gasteiger partial charge in [-0.15, -0.1) is 0 Å². The van der Waals surface area contributed by atoms with Crippen LogP contribution in [0.2, 0.25) is 0 Å². The second kappa shape index (κ2) is 6.23. The highest BCUT2D eigenvalue weighted by Crippen LogP contribution is 2.41. The number of halogens is 3. The molecule has 1 N–H and O–H groups in total. The molecule has 0 bridgehead atoms. The Morgan fingerprint density at radius 1 is 1.04 bits per heavy atom. The van der Waals surface area contributed by atoms with Crippen molar-refractivity contribution in [2.75, 3.05) is 6.54 Å². The third-order valence-electron chi connectivity index (χ3n) is 5.09. The number of hydrogen-bond acceptors (Lipinski definition) is 2. The Hall–Kier alpha value is -2.08. The number of rotatable bonds is 2. The highest BCUT2D eigenvalue weighted by molar-refractivity contribution is 5.85. The van der Waals surface area contributed by atoms with Gasteiger partial charge in [0.2, 0.25) is 5.91 Å². The molecule has 0 radical (unpaired) electrons. The van der Waals surface area contributed by atoms with E-state index >= 15 is 0 Å². The maximum atomic E-state index is 13.9. The third kappa shape index (κ3) is 3.81. The van der Waals surface area contributed by atoms with E-state index in [0.29, 0.717) is 0 Å². The van der Waals surface area contributed by atoms with Crippen molar-refractivity contribution in [2.45, 2.75) is 52.3 Å². The van der Waals surface area contributed by atoms with Crippen molar-refractivity contribution in [3.63, 3.8) is 0 Å². The van der Waals surface area contributed by atoms with Gasteiger partial charge in [-0.25, -0.2) is 5.01 Å². The molecule has 2 aromatic rings. The number of nitrogens with zero attached hydrogens (tertiary/aromatic N) is 1. The average Bonchev–Trinajstić information content (AvgIpc) is 2.77. The number of hydrogen-bond donors (Lipinski definition) is 1. The van der Waals surface area contributed by atoms with Crippen molar-refractivity contribution >= 4 is 16.7 Å². The van der Waals surface area contributed by atoms with E-state index in [0.717, 1.165) is 21.3 Å². The van der Waals surface area contributed by atoms with Crippen LogP contribution in [0.4, 0.5) is 13.2 Å². The van der Waals surface area contributed by atoms with Gasteiger partial charge in [0.1, 0.15) is 6.04 Å². The molecule has 27 heavy (non-hydrogen) atoms. The number of amides is 1. The molecule has 1 amide bonds. The van der Waals surface area contributed by atoms with Crippen LogP contribution >= 0.6 is 0 Å². The molecule has 2 aromatic carbocycles. The molecule has 1 fully saturated rings. The van der Waals surface area contributed by atoms with Gasteiger partial charge in [0.15, 0.2) is 0 Å². The lowest BCUT2D eigenvalue weighted by Crippen LogP contribution is -2.43. The van der Waals surface area contributed by atoms with E-state index in [1.807, 2.05) is 18.2 Å². The Bertz CT molecular complexity index is 881. The van der Waals surface area contributed by atoms with Crippen LogP contribution in [0.1, 0.15) is 51.8 Å². The van der Waals surface area contributed by atoms with Gasteiger partial charge < -0.3 is 0 Å². The minimum Gasteiger partial charge on any atom is -0.287 e. The van der Waals surface area contributed by atoms with Crippen molar-refractivity contribution < 1.29 is 18.0 Å². The van der Waals surface area contributed by atoms with Gasteiger partial charge in [-0.1, -0.05) is 51.1 Å². The lowest BCUT2D eigenvalue weighted by molar-refractivity contribution is -0.191. The molecule has 0 unspecified atom stereocenters. The summed E-state index contributed by atoms with van der Waals surface area (Å²) >= 11 is 0. The Labute approximate surface area is 157 Å². The summed E-state index contributed by atoms with van der Waals surface area (Å²) in [5, 5.41) is 2.66. The summed E-state index contributed by atoms with van der Waals surface area (Å²) in [6.07, 6.45) is -4.51. The SMILES string of the molecule is CC1(C)CN([C@@H](c2ccc3ccc(C(C)(C)C)cc3c2)C(F)(F)F)NC1=O. The number of hydrazine groups is 1. The smallest absolute Gasteiger partial charge is 0.287 e. The van der Waals surface area contributed by atoms with Crippen LogP contribution in [0.5, 0.6) is 0 Å². The van der Waals surface area contributed by atoms with Crippen LogP contribution in [0.3, 0.4) is 0 Å². The third-order valence-corrected chi connectivity index (χ3v) is 5.09. The van der Waals surface area contributed by atoms with Gasteiger partial charge in [-0.05, 0) is 47.2 Å². The fraction of sp³-hybridized carbons (Fsp3) is 0.476. The zero-order chi connectivity index (χ0) is 20.2. The van der Waals surface area contributed by atoms with Crippen LogP contribution in [0.25, 0.3) is 10.8 Å². The normalized spacial score (nSPS) is 19.3. The maximum Gasteiger partial charge on any atom is 0.409 e. The van der Waals surface area contributed by atoms with Crippen molar-refractivity contribution in [2.24, 2.45) is 5.41 Å². The highest BCUT2D eigenvalue weighted by atomic mass is 19.4. The van der Waals surface area contributed by atoms with Crippen LogP contribution in [-0.2, 0) is 10.2 Å².